The highest BCUT2D eigenvalue weighted by molar-refractivity contribution is 9.10. The summed E-state index contributed by atoms with van der Waals surface area (Å²) in [5, 5.41) is 11.4. The summed E-state index contributed by atoms with van der Waals surface area (Å²) in [7, 11) is 0. The van der Waals surface area contributed by atoms with Gasteiger partial charge in [-0.2, -0.15) is 0 Å². The van der Waals surface area contributed by atoms with Crippen molar-refractivity contribution in [3.8, 4) is 0 Å². The van der Waals surface area contributed by atoms with Gasteiger partial charge in [0.2, 0.25) is 0 Å². The molecule has 0 unspecified atom stereocenters. The minimum atomic E-state index is -0.217. The van der Waals surface area contributed by atoms with E-state index in [2.05, 4.69) is 21.2 Å². The van der Waals surface area contributed by atoms with Crippen molar-refractivity contribution in [1.29, 1.82) is 0 Å². The molecule has 0 bridgehead atoms. The van der Waals surface area contributed by atoms with Gasteiger partial charge in [0.1, 0.15) is 0 Å². The smallest absolute Gasteiger partial charge is 0.251 e. The van der Waals surface area contributed by atoms with Crippen LogP contribution in [0.3, 0.4) is 0 Å². The Labute approximate surface area is 91.3 Å². The fraction of sp³-hybridized carbons (Fsp3) is 0.300. The van der Waals surface area contributed by atoms with Crippen LogP contribution in [0.4, 0.5) is 0 Å². The van der Waals surface area contributed by atoms with Gasteiger partial charge in [-0.1, -0.05) is 15.9 Å². The molecule has 0 heterocycles. The summed E-state index contributed by atoms with van der Waals surface area (Å²) in [6.07, 6.45) is 0. The molecule has 1 rings (SSSR count). The quantitative estimate of drug-likeness (QED) is 0.864. The third kappa shape index (κ3) is 3.12. The van der Waals surface area contributed by atoms with Crippen LogP contribution in [0.25, 0.3) is 0 Å². The maximum atomic E-state index is 11.5. The van der Waals surface area contributed by atoms with E-state index in [1.54, 1.807) is 31.2 Å². The maximum absolute atomic E-state index is 11.5. The SMILES string of the molecule is C[C@@H](CO)NC(=O)c1ccc(Br)cc1. The lowest BCUT2D eigenvalue weighted by molar-refractivity contribution is 0.0922. The Morgan fingerprint density at radius 2 is 2.07 bits per heavy atom. The number of nitrogens with one attached hydrogen (secondary N) is 1. The second kappa shape index (κ2) is 5.12. The van der Waals surface area contributed by atoms with Crippen LogP contribution in [-0.4, -0.2) is 23.7 Å². The van der Waals surface area contributed by atoms with Crippen LogP contribution in [0.1, 0.15) is 17.3 Å². The summed E-state index contributed by atoms with van der Waals surface area (Å²) in [6.45, 7) is 1.69. The number of hydrogen-bond donors (Lipinski definition) is 2. The molecular formula is C10H12BrNO2. The molecule has 0 saturated heterocycles. The van der Waals surface area contributed by atoms with E-state index in [1.807, 2.05) is 0 Å². The molecule has 0 aromatic heterocycles. The summed E-state index contributed by atoms with van der Waals surface area (Å²) >= 11 is 3.29. The number of carbonyl (C=O) groups is 1. The fourth-order valence-corrected chi connectivity index (χ4v) is 1.22. The van der Waals surface area contributed by atoms with Gasteiger partial charge in [0.15, 0.2) is 0 Å². The molecule has 0 radical (unpaired) electrons. The van der Waals surface area contributed by atoms with E-state index >= 15 is 0 Å². The molecule has 4 heteroatoms. The van der Waals surface area contributed by atoms with Crippen LogP contribution >= 0.6 is 15.9 Å². The zero-order valence-corrected chi connectivity index (χ0v) is 9.41. The van der Waals surface area contributed by atoms with Crippen molar-refractivity contribution in [2.24, 2.45) is 0 Å². The van der Waals surface area contributed by atoms with Crippen LogP contribution < -0.4 is 5.32 Å². The second-order valence-corrected chi connectivity index (χ2v) is 3.98. The van der Waals surface area contributed by atoms with Gasteiger partial charge in [0.05, 0.1) is 6.61 Å². The first-order valence-corrected chi connectivity index (χ1v) is 5.10. The average Bonchev–Trinajstić information content (AvgIpc) is 2.18. The maximum Gasteiger partial charge on any atom is 0.251 e. The third-order valence-corrected chi connectivity index (χ3v) is 2.29. The van der Waals surface area contributed by atoms with Crippen LogP contribution in [0.2, 0.25) is 0 Å². The van der Waals surface area contributed by atoms with Crippen LogP contribution in [0, 0.1) is 0 Å². The summed E-state index contributed by atoms with van der Waals surface area (Å²) in [4.78, 5) is 11.5. The number of aliphatic hydroxyl groups is 1. The van der Waals surface area contributed by atoms with Gasteiger partial charge >= 0.3 is 0 Å². The van der Waals surface area contributed by atoms with Gasteiger partial charge in [-0.3, -0.25) is 4.79 Å². The highest BCUT2D eigenvalue weighted by Crippen LogP contribution is 2.10. The Morgan fingerprint density at radius 1 is 1.50 bits per heavy atom. The Balaban J connectivity index is 2.65. The number of benzene rings is 1. The minimum absolute atomic E-state index is 0.0533. The normalized spacial score (nSPS) is 12.2. The number of hydrogen-bond acceptors (Lipinski definition) is 2. The lowest BCUT2D eigenvalue weighted by atomic mass is 10.2. The van der Waals surface area contributed by atoms with Crippen molar-refractivity contribution in [2.45, 2.75) is 13.0 Å². The standard InChI is InChI=1S/C10H12BrNO2/c1-7(6-13)12-10(14)8-2-4-9(11)5-3-8/h2-5,7,13H,6H2,1H3,(H,12,14)/t7-/m0/s1. The van der Waals surface area contributed by atoms with Crippen LogP contribution in [0.15, 0.2) is 28.7 Å². The van der Waals surface area contributed by atoms with E-state index in [1.165, 1.54) is 0 Å². The number of halogens is 1. The van der Waals surface area contributed by atoms with Gasteiger partial charge in [-0.05, 0) is 31.2 Å². The monoisotopic (exact) mass is 257 g/mol. The molecular weight excluding hydrogens is 246 g/mol. The number of aliphatic hydroxyl groups excluding tert-OH is 1. The first-order chi connectivity index (χ1) is 6.63. The molecule has 14 heavy (non-hydrogen) atoms. The van der Waals surface area contributed by atoms with Crippen molar-refractivity contribution in [3.63, 3.8) is 0 Å². The number of carbonyl (C=O) groups excluding carboxylic acids is 1. The van der Waals surface area contributed by atoms with Crippen molar-refractivity contribution in [3.05, 3.63) is 34.3 Å². The molecule has 3 nitrogen and oxygen atoms in total. The first-order valence-electron chi connectivity index (χ1n) is 4.30. The summed E-state index contributed by atoms with van der Waals surface area (Å²) < 4.78 is 0.934. The first kappa shape index (κ1) is 11.2. The summed E-state index contributed by atoms with van der Waals surface area (Å²) in [6, 6.07) is 6.84. The Kier molecular flexibility index (Phi) is 4.10. The van der Waals surface area contributed by atoms with E-state index in [9.17, 15) is 4.79 Å². The molecule has 76 valence electrons. The Morgan fingerprint density at radius 3 is 2.57 bits per heavy atom. The van der Waals surface area contributed by atoms with Crippen molar-refractivity contribution >= 4 is 21.8 Å². The fourth-order valence-electron chi connectivity index (χ4n) is 0.954. The molecule has 1 aromatic rings. The molecule has 1 amide bonds. The highest BCUT2D eigenvalue weighted by Gasteiger charge is 2.07. The average molecular weight is 258 g/mol. The van der Waals surface area contributed by atoms with Gasteiger partial charge in [-0.15, -0.1) is 0 Å². The molecule has 0 saturated carbocycles. The lowest BCUT2D eigenvalue weighted by Gasteiger charge is -2.10. The van der Waals surface area contributed by atoms with Gasteiger partial charge in [0.25, 0.3) is 5.91 Å². The molecule has 2 N–H and O–H groups in total. The Hall–Kier alpha value is -0.870. The molecule has 0 spiro atoms. The minimum Gasteiger partial charge on any atom is -0.394 e. The Bertz CT molecular complexity index is 310. The van der Waals surface area contributed by atoms with E-state index in [0.717, 1.165) is 4.47 Å². The van der Waals surface area contributed by atoms with E-state index in [-0.39, 0.29) is 18.6 Å². The zero-order valence-electron chi connectivity index (χ0n) is 7.83. The van der Waals surface area contributed by atoms with E-state index in [0.29, 0.717) is 5.56 Å². The van der Waals surface area contributed by atoms with Gasteiger partial charge < -0.3 is 10.4 Å². The summed E-state index contributed by atoms with van der Waals surface area (Å²) in [5.41, 5.74) is 0.591. The second-order valence-electron chi connectivity index (χ2n) is 3.06. The van der Waals surface area contributed by atoms with Crippen molar-refractivity contribution < 1.29 is 9.90 Å². The van der Waals surface area contributed by atoms with Gasteiger partial charge in [-0.25, -0.2) is 0 Å². The molecule has 1 aromatic carbocycles. The van der Waals surface area contributed by atoms with Gasteiger partial charge in [0, 0.05) is 16.1 Å². The van der Waals surface area contributed by atoms with Crippen LogP contribution in [0.5, 0.6) is 0 Å². The predicted molar refractivity (Wildman–Crippen MR) is 58.2 cm³/mol. The molecule has 0 aliphatic heterocycles. The zero-order chi connectivity index (χ0) is 10.6. The van der Waals surface area contributed by atoms with Crippen molar-refractivity contribution in [2.75, 3.05) is 6.61 Å². The van der Waals surface area contributed by atoms with Crippen molar-refractivity contribution in [1.82, 2.24) is 5.32 Å². The van der Waals surface area contributed by atoms with E-state index in [4.69, 9.17) is 5.11 Å². The number of rotatable bonds is 3. The number of amides is 1. The summed E-state index contributed by atoms with van der Waals surface area (Å²) in [5.74, 6) is -0.168. The topological polar surface area (TPSA) is 49.3 Å². The molecule has 0 aliphatic rings. The van der Waals surface area contributed by atoms with Crippen LogP contribution in [-0.2, 0) is 0 Å². The highest BCUT2D eigenvalue weighted by atomic mass is 79.9. The lowest BCUT2D eigenvalue weighted by Crippen LogP contribution is -2.34. The molecule has 0 aliphatic carbocycles. The molecule has 0 fully saturated rings. The predicted octanol–water partition coefficient (Wildman–Crippen LogP) is 1.56. The molecule has 1 atom stereocenters. The largest absolute Gasteiger partial charge is 0.394 e. The third-order valence-electron chi connectivity index (χ3n) is 1.76. The van der Waals surface area contributed by atoms with E-state index < -0.39 is 0 Å².